The predicted octanol–water partition coefficient (Wildman–Crippen LogP) is 2.88. The number of alkyl halides is 1. The molecule has 0 radical (unpaired) electrons. The highest BCUT2D eigenvalue weighted by Crippen LogP contribution is 2.22. The SMILES string of the molecule is CN(Cc1nc2ccccc2s1)C(=O)CCCl. The maximum atomic E-state index is 11.6. The summed E-state index contributed by atoms with van der Waals surface area (Å²) >= 11 is 7.17. The Morgan fingerprint density at radius 3 is 2.94 bits per heavy atom. The number of thiazole rings is 1. The van der Waals surface area contributed by atoms with Crippen LogP contribution < -0.4 is 0 Å². The van der Waals surface area contributed by atoms with E-state index in [0.717, 1.165) is 15.2 Å². The molecule has 0 saturated carbocycles. The van der Waals surface area contributed by atoms with Crippen LogP contribution in [0.5, 0.6) is 0 Å². The van der Waals surface area contributed by atoms with Crippen LogP contribution in [0.1, 0.15) is 11.4 Å². The number of aromatic nitrogens is 1. The molecular formula is C12H13ClN2OS. The molecule has 0 saturated heterocycles. The summed E-state index contributed by atoms with van der Waals surface area (Å²) < 4.78 is 1.15. The summed E-state index contributed by atoms with van der Waals surface area (Å²) in [6, 6.07) is 7.98. The molecule has 1 aromatic heterocycles. The second kappa shape index (κ2) is 5.47. The number of nitrogens with zero attached hydrogens (tertiary/aromatic N) is 2. The average molecular weight is 269 g/mol. The molecule has 5 heteroatoms. The molecule has 3 nitrogen and oxygen atoms in total. The van der Waals surface area contributed by atoms with Gasteiger partial charge in [-0.25, -0.2) is 4.98 Å². The maximum Gasteiger partial charge on any atom is 0.223 e. The van der Waals surface area contributed by atoms with Gasteiger partial charge in [0.2, 0.25) is 5.91 Å². The minimum atomic E-state index is 0.0549. The third kappa shape index (κ3) is 2.96. The number of hydrogen-bond donors (Lipinski definition) is 0. The first-order chi connectivity index (χ1) is 8.20. The van der Waals surface area contributed by atoms with E-state index in [-0.39, 0.29) is 5.91 Å². The fourth-order valence-electron chi connectivity index (χ4n) is 1.55. The van der Waals surface area contributed by atoms with Crippen LogP contribution in [0.2, 0.25) is 0 Å². The quantitative estimate of drug-likeness (QED) is 0.799. The van der Waals surface area contributed by atoms with Crippen LogP contribution in [0.25, 0.3) is 10.2 Å². The van der Waals surface area contributed by atoms with Crippen molar-refractivity contribution in [1.29, 1.82) is 0 Å². The zero-order valence-corrected chi connectivity index (χ0v) is 11.1. The van der Waals surface area contributed by atoms with E-state index in [9.17, 15) is 4.79 Å². The summed E-state index contributed by atoms with van der Waals surface area (Å²) in [5.74, 6) is 0.419. The van der Waals surface area contributed by atoms with Gasteiger partial charge in [-0.05, 0) is 12.1 Å². The van der Waals surface area contributed by atoms with Crippen molar-refractivity contribution in [3.63, 3.8) is 0 Å². The molecule has 0 aliphatic carbocycles. The molecule has 1 amide bonds. The molecule has 17 heavy (non-hydrogen) atoms. The number of carbonyl (C=O) groups is 1. The van der Waals surface area contributed by atoms with Crippen LogP contribution in [-0.2, 0) is 11.3 Å². The van der Waals surface area contributed by atoms with Crippen LogP contribution in [-0.4, -0.2) is 28.7 Å². The third-order valence-corrected chi connectivity index (χ3v) is 3.65. The van der Waals surface area contributed by atoms with E-state index in [0.29, 0.717) is 18.8 Å². The molecule has 1 heterocycles. The second-order valence-electron chi connectivity index (χ2n) is 3.76. The monoisotopic (exact) mass is 268 g/mol. The summed E-state index contributed by atoms with van der Waals surface area (Å²) in [7, 11) is 1.78. The van der Waals surface area contributed by atoms with Crippen LogP contribution >= 0.6 is 22.9 Å². The van der Waals surface area contributed by atoms with Crippen molar-refractivity contribution in [1.82, 2.24) is 9.88 Å². The zero-order chi connectivity index (χ0) is 12.3. The van der Waals surface area contributed by atoms with Crippen LogP contribution in [0.3, 0.4) is 0 Å². The molecule has 2 rings (SSSR count). The van der Waals surface area contributed by atoms with Gasteiger partial charge >= 0.3 is 0 Å². The van der Waals surface area contributed by atoms with Gasteiger partial charge in [-0.2, -0.15) is 0 Å². The van der Waals surface area contributed by atoms with Gasteiger partial charge in [-0.3, -0.25) is 4.79 Å². The lowest BCUT2D eigenvalue weighted by Gasteiger charge is -2.14. The van der Waals surface area contributed by atoms with Crippen molar-refractivity contribution >= 4 is 39.1 Å². The van der Waals surface area contributed by atoms with E-state index in [1.54, 1.807) is 23.3 Å². The number of fused-ring (bicyclic) bond motifs is 1. The molecule has 0 bridgehead atoms. The van der Waals surface area contributed by atoms with E-state index >= 15 is 0 Å². The molecular weight excluding hydrogens is 256 g/mol. The number of benzene rings is 1. The molecule has 0 unspecified atom stereocenters. The van der Waals surface area contributed by atoms with E-state index in [4.69, 9.17) is 11.6 Å². The Hall–Kier alpha value is -1.13. The van der Waals surface area contributed by atoms with Crippen molar-refractivity contribution in [2.45, 2.75) is 13.0 Å². The summed E-state index contributed by atoms with van der Waals surface area (Å²) in [5.41, 5.74) is 0.991. The predicted molar refractivity (Wildman–Crippen MR) is 71.4 cm³/mol. The lowest BCUT2D eigenvalue weighted by molar-refractivity contribution is -0.129. The molecule has 0 fully saturated rings. The Morgan fingerprint density at radius 1 is 1.47 bits per heavy atom. The normalized spacial score (nSPS) is 10.7. The highest BCUT2D eigenvalue weighted by atomic mass is 35.5. The first-order valence-electron chi connectivity index (χ1n) is 5.35. The van der Waals surface area contributed by atoms with Crippen molar-refractivity contribution in [3.8, 4) is 0 Å². The smallest absolute Gasteiger partial charge is 0.223 e. The first-order valence-corrected chi connectivity index (χ1v) is 6.70. The Labute approximate surface area is 109 Å². The maximum absolute atomic E-state index is 11.6. The zero-order valence-electron chi connectivity index (χ0n) is 9.52. The molecule has 0 spiro atoms. The van der Waals surface area contributed by atoms with Gasteiger partial charge in [0.25, 0.3) is 0 Å². The second-order valence-corrected chi connectivity index (χ2v) is 5.26. The Bertz CT molecular complexity index is 493. The fourth-order valence-corrected chi connectivity index (χ4v) is 2.73. The fraction of sp³-hybridized carbons (Fsp3) is 0.333. The molecule has 0 aliphatic heterocycles. The van der Waals surface area contributed by atoms with Crippen LogP contribution in [0.15, 0.2) is 24.3 Å². The van der Waals surface area contributed by atoms with Crippen molar-refractivity contribution < 1.29 is 4.79 Å². The number of halogens is 1. The minimum Gasteiger partial charge on any atom is -0.339 e. The van der Waals surface area contributed by atoms with E-state index in [1.807, 2.05) is 24.3 Å². The number of para-hydroxylation sites is 1. The standard InChI is InChI=1S/C12H13ClN2OS/c1-15(12(16)6-7-13)8-11-14-9-4-2-3-5-10(9)17-11/h2-5H,6-8H2,1H3. The number of carbonyl (C=O) groups excluding carboxylic acids is 1. The van der Waals surface area contributed by atoms with Gasteiger partial charge in [0.15, 0.2) is 0 Å². The summed E-state index contributed by atoms with van der Waals surface area (Å²) in [5, 5.41) is 0.955. The molecule has 0 aliphatic rings. The molecule has 2 aromatic rings. The van der Waals surface area contributed by atoms with E-state index < -0.39 is 0 Å². The molecule has 0 N–H and O–H groups in total. The lowest BCUT2D eigenvalue weighted by Crippen LogP contribution is -2.26. The molecule has 1 aromatic carbocycles. The topological polar surface area (TPSA) is 33.2 Å². The largest absolute Gasteiger partial charge is 0.339 e. The van der Waals surface area contributed by atoms with Crippen molar-refractivity contribution in [3.05, 3.63) is 29.3 Å². The van der Waals surface area contributed by atoms with Crippen molar-refractivity contribution in [2.75, 3.05) is 12.9 Å². The highest BCUT2D eigenvalue weighted by molar-refractivity contribution is 7.18. The summed E-state index contributed by atoms with van der Waals surface area (Å²) in [6.07, 6.45) is 0.378. The van der Waals surface area contributed by atoms with Gasteiger partial charge < -0.3 is 4.90 Å². The molecule has 90 valence electrons. The summed E-state index contributed by atoms with van der Waals surface area (Å²) in [4.78, 5) is 17.7. The number of rotatable bonds is 4. The third-order valence-electron chi connectivity index (χ3n) is 2.44. The Morgan fingerprint density at radius 2 is 2.24 bits per heavy atom. The number of amides is 1. The van der Waals surface area contributed by atoms with Crippen molar-refractivity contribution in [2.24, 2.45) is 0 Å². The molecule has 0 atom stereocenters. The van der Waals surface area contributed by atoms with Gasteiger partial charge in [-0.1, -0.05) is 12.1 Å². The van der Waals surface area contributed by atoms with Crippen LogP contribution in [0.4, 0.5) is 0 Å². The van der Waals surface area contributed by atoms with Gasteiger partial charge in [-0.15, -0.1) is 22.9 Å². The van der Waals surface area contributed by atoms with Gasteiger partial charge in [0, 0.05) is 19.3 Å². The summed E-state index contributed by atoms with van der Waals surface area (Å²) in [6.45, 7) is 0.551. The van der Waals surface area contributed by atoms with Gasteiger partial charge in [0.1, 0.15) is 5.01 Å². The van der Waals surface area contributed by atoms with Gasteiger partial charge in [0.05, 0.1) is 16.8 Å². The highest BCUT2D eigenvalue weighted by Gasteiger charge is 2.11. The van der Waals surface area contributed by atoms with E-state index in [2.05, 4.69) is 4.98 Å². The minimum absolute atomic E-state index is 0.0549. The van der Waals surface area contributed by atoms with E-state index in [1.165, 1.54) is 0 Å². The Balaban J connectivity index is 2.10. The van der Waals surface area contributed by atoms with Crippen LogP contribution in [0, 0.1) is 0 Å². The lowest BCUT2D eigenvalue weighted by atomic mass is 10.3. The Kier molecular flexibility index (Phi) is 3.97. The average Bonchev–Trinajstić information content (AvgIpc) is 2.71. The number of hydrogen-bond acceptors (Lipinski definition) is 3. The first kappa shape index (κ1) is 12.3.